The number of carbonyl (C=O) groups excluding carboxylic acids is 2. The van der Waals surface area contributed by atoms with Gasteiger partial charge in [-0.15, -0.1) is 0 Å². The lowest BCUT2D eigenvalue weighted by Crippen LogP contribution is -2.44. The van der Waals surface area contributed by atoms with Gasteiger partial charge in [0.1, 0.15) is 0 Å². The molecular weight excluding hydrogens is 222 g/mol. The zero-order chi connectivity index (χ0) is 12.7. The summed E-state index contributed by atoms with van der Waals surface area (Å²) in [6.07, 6.45) is 2.10. The third-order valence-corrected chi connectivity index (χ3v) is 2.88. The van der Waals surface area contributed by atoms with Gasteiger partial charge in [-0.1, -0.05) is 0 Å². The van der Waals surface area contributed by atoms with Crippen molar-refractivity contribution in [1.29, 1.82) is 0 Å². The summed E-state index contributed by atoms with van der Waals surface area (Å²) in [4.78, 5) is 24.4. The summed E-state index contributed by atoms with van der Waals surface area (Å²) in [7, 11) is 1.33. The molecule has 3 N–H and O–H groups in total. The van der Waals surface area contributed by atoms with Gasteiger partial charge in [0.05, 0.1) is 20.1 Å². The molecule has 1 amide bonds. The maximum atomic E-state index is 11.5. The minimum absolute atomic E-state index is 0.0515. The number of hydrogen-bond acceptors (Lipinski definition) is 5. The van der Waals surface area contributed by atoms with E-state index in [1.165, 1.54) is 7.11 Å². The Balaban J connectivity index is 2.10. The smallest absolute Gasteiger partial charge is 0.307 e. The Morgan fingerprint density at radius 3 is 2.65 bits per heavy atom. The summed E-state index contributed by atoms with van der Waals surface area (Å²) < 4.78 is 4.48. The molecular formula is C11H21N3O3. The quantitative estimate of drug-likeness (QED) is 0.611. The number of nitrogens with zero attached hydrogens (tertiary/aromatic N) is 1. The predicted molar refractivity (Wildman–Crippen MR) is 63.3 cm³/mol. The molecule has 98 valence electrons. The van der Waals surface area contributed by atoms with Crippen LogP contribution in [0.25, 0.3) is 0 Å². The van der Waals surface area contributed by atoms with E-state index in [1.807, 2.05) is 0 Å². The number of methoxy groups -OCH3 is 1. The van der Waals surface area contributed by atoms with Crippen LogP contribution in [0.5, 0.6) is 0 Å². The molecule has 0 aromatic rings. The number of esters is 1. The molecule has 0 radical (unpaired) electrons. The first-order valence-electron chi connectivity index (χ1n) is 5.93. The highest BCUT2D eigenvalue weighted by atomic mass is 16.5. The number of carbonyl (C=O) groups is 2. The van der Waals surface area contributed by atoms with Gasteiger partial charge in [0.2, 0.25) is 5.91 Å². The molecule has 0 bridgehead atoms. The van der Waals surface area contributed by atoms with Crippen molar-refractivity contribution >= 4 is 11.9 Å². The second kappa shape index (κ2) is 7.24. The van der Waals surface area contributed by atoms with Gasteiger partial charge in [0.25, 0.3) is 0 Å². The zero-order valence-corrected chi connectivity index (χ0v) is 10.3. The van der Waals surface area contributed by atoms with E-state index < -0.39 is 0 Å². The molecule has 0 atom stereocenters. The molecule has 0 saturated carbocycles. The fourth-order valence-electron chi connectivity index (χ4n) is 1.78. The highest BCUT2D eigenvalue weighted by molar-refractivity contribution is 5.78. The van der Waals surface area contributed by atoms with E-state index in [0.717, 1.165) is 25.9 Å². The lowest BCUT2D eigenvalue weighted by atomic mass is 10.1. The van der Waals surface area contributed by atoms with Gasteiger partial charge in [-0.05, 0) is 12.8 Å². The summed E-state index contributed by atoms with van der Waals surface area (Å²) in [5.41, 5.74) is 5.78. The molecule has 17 heavy (non-hydrogen) atoms. The number of likely N-dealkylation sites (tertiary alicyclic amines) is 1. The van der Waals surface area contributed by atoms with Crippen LogP contribution in [0.2, 0.25) is 0 Å². The molecule has 1 rings (SSSR count). The average molecular weight is 243 g/mol. The van der Waals surface area contributed by atoms with Crippen LogP contribution in [0.15, 0.2) is 0 Å². The van der Waals surface area contributed by atoms with Crippen molar-refractivity contribution in [1.82, 2.24) is 10.2 Å². The maximum Gasteiger partial charge on any atom is 0.307 e. The van der Waals surface area contributed by atoms with E-state index in [0.29, 0.717) is 13.1 Å². The van der Waals surface area contributed by atoms with Crippen LogP contribution < -0.4 is 11.1 Å². The van der Waals surface area contributed by atoms with Gasteiger partial charge in [-0.2, -0.15) is 0 Å². The van der Waals surface area contributed by atoms with Crippen LogP contribution in [-0.4, -0.2) is 56.1 Å². The first kappa shape index (κ1) is 13.9. The van der Waals surface area contributed by atoms with Gasteiger partial charge in [0, 0.05) is 25.7 Å². The Labute approximate surface area is 101 Å². The van der Waals surface area contributed by atoms with Crippen molar-refractivity contribution in [2.24, 2.45) is 5.73 Å². The molecule has 0 spiro atoms. The zero-order valence-electron chi connectivity index (χ0n) is 10.3. The molecule has 6 nitrogen and oxygen atoms in total. The summed E-state index contributed by atoms with van der Waals surface area (Å²) >= 11 is 0. The minimum Gasteiger partial charge on any atom is -0.469 e. The van der Waals surface area contributed by atoms with Gasteiger partial charge >= 0.3 is 5.97 Å². The Morgan fingerprint density at radius 1 is 1.41 bits per heavy atom. The molecule has 1 heterocycles. The molecule has 0 aromatic heterocycles. The Bertz CT molecular complexity index is 263. The van der Waals surface area contributed by atoms with Crippen LogP contribution >= 0.6 is 0 Å². The van der Waals surface area contributed by atoms with Crippen LogP contribution in [0.1, 0.15) is 19.3 Å². The van der Waals surface area contributed by atoms with Crippen LogP contribution in [0.4, 0.5) is 0 Å². The Kier molecular flexibility index (Phi) is 5.93. The van der Waals surface area contributed by atoms with E-state index >= 15 is 0 Å². The first-order chi connectivity index (χ1) is 8.11. The van der Waals surface area contributed by atoms with E-state index in [-0.39, 0.29) is 24.3 Å². The van der Waals surface area contributed by atoms with Gasteiger partial charge < -0.3 is 15.8 Å². The summed E-state index contributed by atoms with van der Waals surface area (Å²) in [6.45, 7) is 2.45. The predicted octanol–water partition coefficient (Wildman–Crippen LogP) is -0.911. The molecule has 0 aromatic carbocycles. The third-order valence-electron chi connectivity index (χ3n) is 2.88. The van der Waals surface area contributed by atoms with E-state index in [4.69, 9.17) is 5.73 Å². The number of nitrogens with one attached hydrogen (secondary N) is 1. The normalized spacial score (nSPS) is 17.8. The second-order valence-corrected chi connectivity index (χ2v) is 4.29. The maximum absolute atomic E-state index is 11.5. The Morgan fingerprint density at radius 2 is 2.06 bits per heavy atom. The first-order valence-corrected chi connectivity index (χ1v) is 5.93. The van der Waals surface area contributed by atoms with Crippen molar-refractivity contribution in [3.63, 3.8) is 0 Å². The number of amides is 1. The van der Waals surface area contributed by atoms with Gasteiger partial charge in [-0.25, -0.2) is 0 Å². The number of piperidine rings is 1. The number of nitrogens with two attached hydrogens (primary N) is 1. The molecule has 1 aliphatic rings. The highest BCUT2D eigenvalue weighted by Crippen LogP contribution is 2.07. The number of ether oxygens (including phenoxy) is 1. The molecule has 0 aliphatic carbocycles. The minimum atomic E-state index is -0.311. The average Bonchev–Trinajstić information content (AvgIpc) is 2.32. The monoisotopic (exact) mass is 243 g/mol. The van der Waals surface area contributed by atoms with Crippen LogP contribution in [0, 0.1) is 0 Å². The lowest BCUT2D eigenvalue weighted by Gasteiger charge is -2.29. The topological polar surface area (TPSA) is 84.7 Å². The van der Waals surface area contributed by atoms with Gasteiger partial charge in [0.15, 0.2) is 0 Å². The molecule has 1 saturated heterocycles. The molecule has 1 fully saturated rings. The van der Waals surface area contributed by atoms with Crippen LogP contribution in [0.3, 0.4) is 0 Å². The second-order valence-electron chi connectivity index (χ2n) is 4.29. The summed E-state index contributed by atoms with van der Waals surface area (Å²) in [5, 5.41) is 2.69. The lowest BCUT2D eigenvalue weighted by molar-refractivity contribution is -0.140. The SMILES string of the molecule is COC(=O)CCNC(=O)CN1CCC(N)CC1. The molecule has 1 aliphatic heterocycles. The van der Waals surface area contributed by atoms with Gasteiger partial charge in [-0.3, -0.25) is 14.5 Å². The summed E-state index contributed by atoms with van der Waals surface area (Å²) in [6, 6.07) is 0.272. The summed E-state index contributed by atoms with van der Waals surface area (Å²) in [5.74, 6) is -0.362. The number of hydrogen-bond donors (Lipinski definition) is 2. The molecule has 0 unspecified atom stereocenters. The van der Waals surface area contributed by atoms with Crippen molar-refractivity contribution in [3.8, 4) is 0 Å². The van der Waals surface area contributed by atoms with Crippen molar-refractivity contribution < 1.29 is 14.3 Å². The number of rotatable bonds is 5. The molecule has 6 heteroatoms. The Hall–Kier alpha value is -1.14. The van der Waals surface area contributed by atoms with Crippen molar-refractivity contribution in [2.45, 2.75) is 25.3 Å². The van der Waals surface area contributed by atoms with E-state index in [9.17, 15) is 9.59 Å². The van der Waals surface area contributed by atoms with Crippen molar-refractivity contribution in [2.75, 3.05) is 33.3 Å². The van der Waals surface area contributed by atoms with Crippen LogP contribution in [-0.2, 0) is 14.3 Å². The van der Waals surface area contributed by atoms with E-state index in [1.54, 1.807) is 0 Å². The van der Waals surface area contributed by atoms with Crippen molar-refractivity contribution in [3.05, 3.63) is 0 Å². The standard InChI is InChI=1S/C11H21N3O3/c1-17-11(16)2-5-13-10(15)8-14-6-3-9(12)4-7-14/h9H,2-8,12H2,1H3,(H,13,15). The fourth-order valence-corrected chi connectivity index (χ4v) is 1.78. The fraction of sp³-hybridized carbons (Fsp3) is 0.818. The largest absolute Gasteiger partial charge is 0.469 e. The van der Waals surface area contributed by atoms with E-state index in [2.05, 4.69) is 15.0 Å². The third kappa shape index (κ3) is 5.65. The highest BCUT2D eigenvalue weighted by Gasteiger charge is 2.17.